The zero-order chi connectivity index (χ0) is 29.2. The second-order valence-electron chi connectivity index (χ2n) is 8.17. The minimum Gasteiger partial charge on any atom is -0.353 e. The maximum atomic E-state index is 12.1. The van der Waals surface area contributed by atoms with Crippen molar-refractivity contribution in [3.63, 3.8) is 0 Å². The first-order chi connectivity index (χ1) is 17.8. The molecule has 1 heterocycles. The largest absolute Gasteiger partial charge is 0.353 e. The molecule has 0 radical (unpaired) electrons. The van der Waals surface area contributed by atoms with Crippen molar-refractivity contribution >= 4 is 57.2 Å². The maximum Gasteiger partial charge on any atom is 0.295 e. The zero-order valence-corrected chi connectivity index (χ0v) is 22.9. The molecule has 16 nitrogen and oxygen atoms in total. The predicted molar refractivity (Wildman–Crippen MR) is 136 cm³/mol. The van der Waals surface area contributed by atoms with Crippen LogP contribution in [0.1, 0.15) is 23.6 Å². The average molecular weight is 627 g/mol. The summed E-state index contributed by atoms with van der Waals surface area (Å²) in [7, 11) is -18.3. The van der Waals surface area contributed by atoms with Gasteiger partial charge >= 0.3 is 0 Å². The topological polar surface area (TPSA) is 268 Å². The van der Waals surface area contributed by atoms with E-state index in [4.69, 9.17) is 9.11 Å². The Balaban J connectivity index is 2.09. The normalized spacial score (nSPS) is 13.0. The van der Waals surface area contributed by atoms with Crippen LogP contribution in [-0.2, 0) is 53.3 Å². The lowest BCUT2D eigenvalue weighted by molar-refractivity contribution is 0.479. The van der Waals surface area contributed by atoms with Gasteiger partial charge in [0, 0.05) is 30.2 Å². The number of benzene rings is 2. The molecular weight excluding hydrogens is 604 g/mol. The molecule has 39 heavy (non-hydrogen) atoms. The van der Waals surface area contributed by atoms with Crippen molar-refractivity contribution in [3.05, 3.63) is 47.5 Å². The van der Waals surface area contributed by atoms with Crippen molar-refractivity contribution < 1.29 is 51.9 Å². The van der Waals surface area contributed by atoms with Crippen LogP contribution in [0.4, 0.5) is 5.95 Å². The number of nitrogens with zero attached hydrogens (tertiary/aromatic N) is 3. The molecule has 5 N–H and O–H groups in total. The van der Waals surface area contributed by atoms with Crippen LogP contribution in [-0.4, -0.2) is 84.9 Å². The number of anilines is 1. The van der Waals surface area contributed by atoms with Crippen molar-refractivity contribution in [2.75, 3.05) is 23.4 Å². The summed E-state index contributed by atoms with van der Waals surface area (Å²) in [5, 5.41) is 2.14. The SMILES string of the molecule is O=S(=O)(O)CCCc1nc(Cc2cc(S(=O)(=O)O)c3cccc(S(=O)(=O)O)c3c2)nc(NCCS(=O)(=O)O)n1. The number of hydrogen-bond donors (Lipinski definition) is 5. The highest BCUT2D eigenvalue weighted by atomic mass is 32.2. The monoisotopic (exact) mass is 626 g/mol. The summed E-state index contributed by atoms with van der Waals surface area (Å²) in [6, 6.07) is 5.71. The highest BCUT2D eigenvalue weighted by molar-refractivity contribution is 7.86. The van der Waals surface area contributed by atoms with E-state index in [0.717, 1.165) is 12.1 Å². The van der Waals surface area contributed by atoms with Crippen LogP contribution in [0, 0.1) is 0 Å². The first-order valence-corrected chi connectivity index (χ1v) is 16.8. The van der Waals surface area contributed by atoms with Crippen molar-refractivity contribution in [2.45, 2.75) is 29.1 Å². The molecule has 0 spiro atoms. The molecule has 0 bridgehead atoms. The molecule has 0 atom stereocenters. The van der Waals surface area contributed by atoms with Gasteiger partial charge in [0.25, 0.3) is 40.5 Å². The van der Waals surface area contributed by atoms with E-state index in [2.05, 4.69) is 20.3 Å². The van der Waals surface area contributed by atoms with E-state index in [1.54, 1.807) is 0 Å². The molecule has 3 rings (SSSR count). The van der Waals surface area contributed by atoms with Gasteiger partial charge in [-0.15, -0.1) is 0 Å². The van der Waals surface area contributed by atoms with Gasteiger partial charge in [-0.05, 0) is 30.2 Å². The minimum absolute atomic E-state index is 0.00687. The van der Waals surface area contributed by atoms with Crippen LogP contribution >= 0.6 is 0 Å². The smallest absolute Gasteiger partial charge is 0.295 e. The van der Waals surface area contributed by atoms with Gasteiger partial charge in [0.1, 0.15) is 21.4 Å². The first-order valence-electron chi connectivity index (χ1n) is 10.7. The van der Waals surface area contributed by atoms with E-state index in [1.807, 2.05) is 0 Å². The van der Waals surface area contributed by atoms with E-state index in [1.165, 1.54) is 18.2 Å². The number of aryl methyl sites for hydroxylation is 1. The van der Waals surface area contributed by atoms with E-state index in [-0.39, 0.29) is 59.7 Å². The fourth-order valence-electron chi connectivity index (χ4n) is 3.55. The second kappa shape index (κ2) is 11.3. The third kappa shape index (κ3) is 9.10. The van der Waals surface area contributed by atoms with Crippen molar-refractivity contribution in [3.8, 4) is 0 Å². The molecule has 0 aliphatic rings. The fraction of sp³-hybridized carbons (Fsp3) is 0.316. The maximum absolute atomic E-state index is 12.1. The Morgan fingerprint density at radius 3 is 1.90 bits per heavy atom. The van der Waals surface area contributed by atoms with Crippen LogP contribution in [0.5, 0.6) is 0 Å². The van der Waals surface area contributed by atoms with Gasteiger partial charge in [-0.25, -0.2) is 4.98 Å². The van der Waals surface area contributed by atoms with Crippen LogP contribution in [0.25, 0.3) is 10.8 Å². The molecule has 0 saturated carbocycles. The summed E-state index contributed by atoms with van der Waals surface area (Å²) >= 11 is 0. The first kappa shape index (κ1) is 30.7. The van der Waals surface area contributed by atoms with Gasteiger partial charge in [0.2, 0.25) is 5.95 Å². The fourth-order valence-corrected chi connectivity index (χ4v) is 5.87. The molecule has 0 unspecified atom stereocenters. The summed E-state index contributed by atoms with van der Waals surface area (Å²) < 4.78 is 129. The van der Waals surface area contributed by atoms with Gasteiger partial charge in [-0.1, -0.05) is 12.1 Å². The highest BCUT2D eigenvalue weighted by Crippen LogP contribution is 2.30. The van der Waals surface area contributed by atoms with Crippen molar-refractivity contribution in [1.29, 1.82) is 0 Å². The number of aromatic nitrogens is 3. The molecule has 3 aromatic rings. The molecule has 214 valence electrons. The number of hydrogen-bond acceptors (Lipinski definition) is 12. The summed E-state index contributed by atoms with van der Waals surface area (Å²) in [5.74, 6) is -1.55. The van der Waals surface area contributed by atoms with Crippen LogP contribution in [0.2, 0.25) is 0 Å². The molecule has 0 aliphatic carbocycles. The Bertz CT molecular complexity index is 1790. The van der Waals surface area contributed by atoms with Crippen molar-refractivity contribution in [2.24, 2.45) is 0 Å². The van der Waals surface area contributed by atoms with Gasteiger partial charge in [-0.2, -0.15) is 43.6 Å². The number of rotatable bonds is 12. The zero-order valence-electron chi connectivity index (χ0n) is 19.7. The average Bonchev–Trinajstić information content (AvgIpc) is 2.75. The number of nitrogens with one attached hydrogen (secondary N) is 1. The Labute approximate surface area is 223 Å². The Kier molecular flexibility index (Phi) is 8.92. The minimum atomic E-state index is -4.88. The lowest BCUT2D eigenvalue weighted by Crippen LogP contribution is -2.18. The molecule has 1 aromatic heterocycles. The standard InChI is InChI=1S/C19H22N4O12S4/c24-36(25,26)7-2-5-17-21-18(23-19(22-17)20-6-8-37(27,28)29)11-12-9-14-13(16(10-12)39(33,34)35)3-1-4-15(14)38(30,31)32/h1,3-4,9-10H,2,5-8,11H2,(H,24,25,26)(H,27,28,29)(H,30,31,32)(H,33,34,35)(H,20,21,22,23). The van der Waals surface area contributed by atoms with Gasteiger partial charge < -0.3 is 5.32 Å². The van der Waals surface area contributed by atoms with Crippen LogP contribution in [0.15, 0.2) is 40.1 Å². The van der Waals surface area contributed by atoms with E-state index < -0.39 is 61.8 Å². The van der Waals surface area contributed by atoms with E-state index in [0.29, 0.717) is 0 Å². The third-order valence-corrected chi connectivity index (χ3v) is 8.40. The Morgan fingerprint density at radius 2 is 1.31 bits per heavy atom. The van der Waals surface area contributed by atoms with E-state index in [9.17, 15) is 42.8 Å². The van der Waals surface area contributed by atoms with Crippen LogP contribution in [0.3, 0.4) is 0 Å². The van der Waals surface area contributed by atoms with Gasteiger partial charge in [-0.3, -0.25) is 18.2 Å². The quantitative estimate of drug-likeness (QED) is 0.168. The second-order valence-corrected chi connectivity index (χ2v) is 14.1. The molecular formula is C19H22N4O12S4. The van der Waals surface area contributed by atoms with Gasteiger partial charge in [0.05, 0.1) is 11.5 Å². The van der Waals surface area contributed by atoms with E-state index >= 15 is 0 Å². The lowest BCUT2D eigenvalue weighted by atomic mass is 10.0. The molecule has 0 amide bonds. The van der Waals surface area contributed by atoms with Crippen LogP contribution < -0.4 is 5.32 Å². The molecule has 0 aliphatic heterocycles. The molecule has 20 heteroatoms. The summed E-state index contributed by atoms with van der Waals surface area (Å²) in [6.07, 6.45) is -0.477. The predicted octanol–water partition coefficient (Wildman–Crippen LogP) is 0.229. The number of fused-ring (bicyclic) bond motifs is 1. The summed E-state index contributed by atoms with van der Waals surface area (Å²) in [6.45, 7) is -0.326. The highest BCUT2D eigenvalue weighted by Gasteiger charge is 2.22. The summed E-state index contributed by atoms with van der Waals surface area (Å²) in [4.78, 5) is 11.0. The van der Waals surface area contributed by atoms with Gasteiger partial charge in [0.15, 0.2) is 0 Å². The lowest BCUT2D eigenvalue weighted by Gasteiger charge is -2.12. The summed E-state index contributed by atoms with van der Waals surface area (Å²) in [5.41, 5.74) is 0.0743. The molecule has 2 aromatic carbocycles. The Hall–Kier alpha value is -2.85. The molecule has 0 saturated heterocycles. The third-order valence-electron chi connectivity index (χ3n) is 5.07. The molecule has 0 fully saturated rings. The Morgan fingerprint density at radius 1 is 0.692 bits per heavy atom. The van der Waals surface area contributed by atoms with Crippen molar-refractivity contribution in [1.82, 2.24) is 15.0 Å².